The van der Waals surface area contributed by atoms with Crippen LogP contribution in [0.15, 0.2) is 4.52 Å². The summed E-state index contributed by atoms with van der Waals surface area (Å²) in [7, 11) is 0. The molecule has 0 amide bonds. The maximum Gasteiger partial charge on any atom is 0.160 e. The molecule has 0 aliphatic heterocycles. The first kappa shape index (κ1) is 12.2. The van der Waals surface area contributed by atoms with Gasteiger partial charge < -0.3 is 4.52 Å². The minimum atomic E-state index is 1.00. The van der Waals surface area contributed by atoms with E-state index in [2.05, 4.69) is 24.2 Å². The van der Waals surface area contributed by atoms with Gasteiger partial charge in [-0.2, -0.15) is 0 Å². The van der Waals surface area contributed by atoms with Gasteiger partial charge in [-0.25, -0.2) is 0 Å². The van der Waals surface area contributed by atoms with Crippen LogP contribution in [-0.2, 0) is 12.8 Å². The van der Waals surface area contributed by atoms with Crippen molar-refractivity contribution in [1.29, 1.82) is 0 Å². The summed E-state index contributed by atoms with van der Waals surface area (Å²) >= 11 is 0. The van der Waals surface area contributed by atoms with Gasteiger partial charge in [-0.15, -0.1) is 5.10 Å². The second kappa shape index (κ2) is 7.43. The van der Waals surface area contributed by atoms with Gasteiger partial charge in [-0.3, -0.25) is 0 Å². The normalized spacial score (nSPS) is 10.8. The van der Waals surface area contributed by atoms with Gasteiger partial charge in [0.1, 0.15) is 5.69 Å². The van der Waals surface area contributed by atoms with Crippen LogP contribution < -0.4 is 0 Å². The van der Waals surface area contributed by atoms with Crippen molar-refractivity contribution in [3.05, 3.63) is 11.5 Å². The quantitative estimate of drug-likeness (QED) is 0.616. The first-order valence-corrected chi connectivity index (χ1v) is 6.18. The molecule has 1 heterocycles. The number of aryl methyl sites for hydroxylation is 2. The third kappa shape index (κ3) is 4.45. The lowest BCUT2D eigenvalue weighted by Gasteiger charge is -1.98. The Morgan fingerprint density at radius 2 is 1.60 bits per heavy atom. The lowest BCUT2D eigenvalue weighted by atomic mass is 10.1. The Balaban J connectivity index is 2.32. The molecule has 1 rings (SSSR count). The van der Waals surface area contributed by atoms with E-state index >= 15 is 0 Å². The highest BCUT2D eigenvalue weighted by atomic mass is 16.5. The number of unbranched alkanes of at least 4 members (excludes halogenated alkanes) is 4. The van der Waals surface area contributed by atoms with Crippen molar-refractivity contribution in [1.82, 2.24) is 10.4 Å². The van der Waals surface area contributed by atoms with Crippen molar-refractivity contribution in [3.8, 4) is 0 Å². The van der Waals surface area contributed by atoms with E-state index in [1.54, 1.807) is 0 Å². The molecular formula is C12H22N2O. The van der Waals surface area contributed by atoms with Gasteiger partial charge in [0.25, 0.3) is 0 Å². The lowest BCUT2D eigenvalue weighted by Crippen LogP contribution is -1.93. The molecule has 1 aromatic heterocycles. The smallest absolute Gasteiger partial charge is 0.160 e. The second-order valence-corrected chi connectivity index (χ2v) is 4.06. The summed E-state index contributed by atoms with van der Waals surface area (Å²) in [6.07, 6.45) is 9.43. The highest BCUT2D eigenvalue weighted by Crippen LogP contribution is 2.12. The van der Waals surface area contributed by atoms with Crippen LogP contribution in [0, 0.1) is 0 Å². The van der Waals surface area contributed by atoms with E-state index in [4.69, 9.17) is 4.52 Å². The molecule has 3 nitrogen and oxygen atoms in total. The summed E-state index contributed by atoms with van der Waals surface area (Å²) in [4.78, 5) is 0. The van der Waals surface area contributed by atoms with Crippen LogP contribution in [0.25, 0.3) is 0 Å². The first-order valence-electron chi connectivity index (χ1n) is 6.18. The molecule has 0 atom stereocenters. The highest BCUT2D eigenvalue weighted by Gasteiger charge is 2.08. The van der Waals surface area contributed by atoms with E-state index in [1.165, 1.54) is 38.5 Å². The van der Waals surface area contributed by atoms with E-state index in [0.717, 1.165) is 24.3 Å². The summed E-state index contributed by atoms with van der Waals surface area (Å²) in [5.74, 6) is 1.01. The Morgan fingerprint density at radius 1 is 0.933 bits per heavy atom. The van der Waals surface area contributed by atoms with E-state index in [0.29, 0.717) is 0 Å². The zero-order valence-electron chi connectivity index (χ0n) is 9.96. The summed E-state index contributed by atoms with van der Waals surface area (Å²) in [6, 6.07) is 0. The number of hydrogen-bond donors (Lipinski definition) is 0. The van der Waals surface area contributed by atoms with Gasteiger partial charge in [0.05, 0.1) is 0 Å². The molecule has 0 radical (unpaired) electrons. The van der Waals surface area contributed by atoms with Gasteiger partial charge in [-0.1, -0.05) is 39.5 Å². The zero-order chi connectivity index (χ0) is 10.9. The van der Waals surface area contributed by atoms with Crippen molar-refractivity contribution in [2.24, 2.45) is 0 Å². The minimum Gasteiger partial charge on any atom is -0.342 e. The van der Waals surface area contributed by atoms with Crippen LogP contribution in [0.4, 0.5) is 0 Å². The van der Waals surface area contributed by atoms with E-state index < -0.39 is 0 Å². The van der Waals surface area contributed by atoms with Gasteiger partial charge in [0.2, 0.25) is 0 Å². The van der Waals surface area contributed by atoms with Crippen molar-refractivity contribution in [2.75, 3.05) is 0 Å². The first-order chi connectivity index (χ1) is 7.38. The second-order valence-electron chi connectivity index (χ2n) is 4.06. The average Bonchev–Trinajstić information content (AvgIpc) is 2.67. The van der Waals surface area contributed by atoms with Crippen LogP contribution in [-0.4, -0.2) is 10.4 Å². The fraction of sp³-hybridized carbons (Fsp3) is 0.833. The topological polar surface area (TPSA) is 38.9 Å². The summed E-state index contributed by atoms with van der Waals surface area (Å²) in [5.41, 5.74) is 1.08. The fourth-order valence-electron chi connectivity index (χ4n) is 1.68. The standard InChI is InChI=1S/C12H22N2O/c1-3-5-7-9-11-12(15-14-13-11)10-8-6-4-2/h3-10H2,1-2H3. The molecule has 0 unspecified atom stereocenters. The van der Waals surface area contributed by atoms with Crippen LogP contribution >= 0.6 is 0 Å². The van der Waals surface area contributed by atoms with Gasteiger partial charge in [0, 0.05) is 11.7 Å². The van der Waals surface area contributed by atoms with Crippen LogP contribution in [0.3, 0.4) is 0 Å². The van der Waals surface area contributed by atoms with Gasteiger partial charge in [0.15, 0.2) is 5.76 Å². The molecule has 0 aromatic carbocycles. The summed E-state index contributed by atoms with van der Waals surface area (Å²) < 4.78 is 5.18. The predicted molar refractivity (Wildman–Crippen MR) is 60.8 cm³/mol. The van der Waals surface area contributed by atoms with Crippen molar-refractivity contribution >= 4 is 0 Å². The van der Waals surface area contributed by atoms with Crippen molar-refractivity contribution in [2.45, 2.75) is 65.2 Å². The highest BCUT2D eigenvalue weighted by molar-refractivity contribution is 5.05. The number of rotatable bonds is 8. The largest absolute Gasteiger partial charge is 0.342 e. The lowest BCUT2D eigenvalue weighted by molar-refractivity contribution is 0.358. The molecule has 15 heavy (non-hydrogen) atoms. The molecule has 0 N–H and O–H groups in total. The predicted octanol–water partition coefficient (Wildman–Crippen LogP) is 3.54. The molecule has 0 aliphatic carbocycles. The van der Waals surface area contributed by atoms with Crippen LogP contribution in [0.1, 0.15) is 63.8 Å². The number of nitrogens with zero attached hydrogens (tertiary/aromatic N) is 2. The van der Waals surface area contributed by atoms with Gasteiger partial charge in [-0.05, 0) is 19.3 Å². The Bertz CT molecular complexity index is 233. The molecule has 0 saturated heterocycles. The van der Waals surface area contributed by atoms with Crippen molar-refractivity contribution in [3.63, 3.8) is 0 Å². The fourth-order valence-corrected chi connectivity index (χ4v) is 1.68. The Morgan fingerprint density at radius 3 is 2.27 bits per heavy atom. The van der Waals surface area contributed by atoms with E-state index in [-0.39, 0.29) is 0 Å². The average molecular weight is 210 g/mol. The molecule has 0 bridgehead atoms. The molecule has 0 fully saturated rings. The molecule has 1 aromatic rings. The molecule has 0 saturated carbocycles. The zero-order valence-corrected chi connectivity index (χ0v) is 9.96. The maximum absolute atomic E-state index is 5.18. The van der Waals surface area contributed by atoms with Gasteiger partial charge >= 0.3 is 0 Å². The molecular weight excluding hydrogens is 188 g/mol. The monoisotopic (exact) mass is 210 g/mol. The third-order valence-electron chi connectivity index (χ3n) is 2.66. The molecule has 0 spiro atoms. The van der Waals surface area contributed by atoms with Crippen LogP contribution in [0.2, 0.25) is 0 Å². The van der Waals surface area contributed by atoms with E-state index in [9.17, 15) is 0 Å². The minimum absolute atomic E-state index is 1.00. The number of hydrogen-bond acceptors (Lipinski definition) is 3. The Kier molecular flexibility index (Phi) is 6.05. The molecule has 3 heteroatoms. The molecule has 86 valence electrons. The SMILES string of the molecule is CCCCCc1nnoc1CCCCC. The Labute approximate surface area is 92.2 Å². The van der Waals surface area contributed by atoms with Crippen molar-refractivity contribution < 1.29 is 4.52 Å². The summed E-state index contributed by atoms with van der Waals surface area (Å²) in [6.45, 7) is 4.42. The summed E-state index contributed by atoms with van der Waals surface area (Å²) in [5, 5.41) is 7.70. The maximum atomic E-state index is 5.18. The Hall–Kier alpha value is -0.860. The van der Waals surface area contributed by atoms with E-state index in [1.807, 2.05) is 0 Å². The third-order valence-corrected chi connectivity index (χ3v) is 2.66. The van der Waals surface area contributed by atoms with Crippen LogP contribution in [0.5, 0.6) is 0 Å². The molecule has 0 aliphatic rings. The number of aromatic nitrogens is 2.